The predicted octanol–water partition coefficient (Wildman–Crippen LogP) is 3.78. The Balaban J connectivity index is 2.39. The quantitative estimate of drug-likeness (QED) is 0.325. The minimum atomic E-state index is -0.427. The van der Waals surface area contributed by atoms with Crippen LogP contribution in [0.25, 0.3) is 0 Å². The van der Waals surface area contributed by atoms with Crippen molar-refractivity contribution in [1.29, 1.82) is 0 Å². The second-order valence-electron chi connectivity index (χ2n) is 3.64. The summed E-state index contributed by atoms with van der Waals surface area (Å²) in [6, 6.07) is 4.15. The number of nitrogens with one attached hydrogen (secondary N) is 2. The molecule has 106 valence electrons. The Morgan fingerprint density at radius 2 is 2.00 bits per heavy atom. The van der Waals surface area contributed by atoms with E-state index in [1.54, 1.807) is 6.07 Å². The Labute approximate surface area is 132 Å². The lowest BCUT2D eigenvalue weighted by Crippen LogP contribution is -2.10. The van der Waals surface area contributed by atoms with E-state index < -0.39 is 5.82 Å². The lowest BCUT2D eigenvalue weighted by Gasteiger charge is -2.12. The number of hydrazine groups is 1. The van der Waals surface area contributed by atoms with Gasteiger partial charge in [0, 0.05) is 10.5 Å². The number of rotatable bonds is 4. The number of benzene rings is 1. The van der Waals surface area contributed by atoms with Crippen LogP contribution in [0.3, 0.4) is 0 Å². The highest BCUT2D eigenvalue weighted by atomic mass is 79.9. The lowest BCUT2D eigenvalue weighted by molar-refractivity contribution is 0.627. The van der Waals surface area contributed by atoms with E-state index in [1.165, 1.54) is 23.9 Å². The molecule has 20 heavy (non-hydrogen) atoms. The minimum absolute atomic E-state index is 0.239. The molecule has 1 aromatic carbocycles. The molecule has 9 heteroatoms. The number of halogens is 3. The van der Waals surface area contributed by atoms with Crippen LogP contribution in [0.1, 0.15) is 0 Å². The van der Waals surface area contributed by atoms with Crippen molar-refractivity contribution in [2.75, 3.05) is 17.0 Å². The second kappa shape index (κ2) is 6.57. The van der Waals surface area contributed by atoms with Crippen LogP contribution in [-0.4, -0.2) is 16.2 Å². The van der Waals surface area contributed by atoms with Crippen LogP contribution in [0, 0.1) is 5.82 Å². The third kappa shape index (κ3) is 3.51. The van der Waals surface area contributed by atoms with Gasteiger partial charge in [-0.25, -0.2) is 20.2 Å². The third-order valence-corrected chi connectivity index (χ3v) is 3.77. The molecule has 0 aliphatic rings. The van der Waals surface area contributed by atoms with Gasteiger partial charge >= 0.3 is 0 Å². The number of hydrogen-bond donors (Lipinski definition) is 3. The molecule has 2 rings (SSSR count). The monoisotopic (exact) mass is 377 g/mol. The fourth-order valence-electron chi connectivity index (χ4n) is 1.44. The fourth-order valence-corrected chi connectivity index (χ4v) is 2.72. The highest BCUT2D eigenvalue weighted by Gasteiger charge is 2.10. The first kappa shape index (κ1) is 15.3. The summed E-state index contributed by atoms with van der Waals surface area (Å²) >= 11 is 10.6. The molecular formula is C11H10BrClFN5S. The van der Waals surface area contributed by atoms with Gasteiger partial charge in [0.15, 0.2) is 5.16 Å². The van der Waals surface area contributed by atoms with Gasteiger partial charge in [-0.3, -0.25) is 0 Å². The van der Waals surface area contributed by atoms with E-state index >= 15 is 0 Å². The van der Waals surface area contributed by atoms with E-state index in [2.05, 4.69) is 36.6 Å². The van der Waals surface area contributed by atoms with Crippen molar-refractivity contribution in [2.45, 2.75) is 5.16 Å². The summed E-state index contributed by atoms with van der Waals surface area (Å²) in [6.45, 7) is 0. The first-order chi connectivity index (χ1) is 9.53. The number of aromatic nitrogens is 2. The van der Waals surface area contributed by atoms with E-state index in [9.17, 15) is 4.39 Å². The van der Waals surface area contributed by atoms with Gasteiger partial charge in [0.25, 0.3) is 0 Å². The number of anilines is 3. The van der Waals surface area contributed by atoms with Crippen LogP contribution in [0.15, 0.2) is 27.8 Å². The summed E-state index contributed by atoms with van der Waals surface area (Å²) in [4.78, 5) is 8.41. The Morgan fingerprint density at radius 3 is 2.60 bits per heavy atom. The summed E-state index contributed by atoms with van der Waals surface area (Å²) in [5.41, 5.74) is 2.97. The van der Waals surface area contributed by atoms with Crippen LogP contribution < -0.4 is 16.6 Å². The maximum absolute atomic E-state index is 13.2. The molecule has 0 spiro atoms. The maximum atomic E-state index is 13.2. The topological polar surface area (TPSA) is 75.9 Å². The molecule has 5 nitrogen and oxygen atoms in total. The molecule has 1 aromatic heterocycles. The zero-order valence-electron chi connectivity index (χ0n) is 10.2. The molecule has 0 atom stereocenters. The number of hydrogen-bond acceptors (Lipinski definition) is 6. The van der Waals surface area contributed by atoms with E-state index in [4.69, 9.17) is 17.4 Å². The summed E-state index contributed by atoms with van der Waals surface area (Å²) in [5, 5.41) is 3.79. The molecule has 0 aliphatic carbocycles. The Morgan fingerprint density at radius 1 is 1.30 bits per heavy atom. The van der Waals surface area contributed by atoms with Gasteiger partial charge < -0.3 is 10.7 Å². The van der Waals surface area contributed by atoms with E-state index in [1.807, 2.05) is 6.26 Å². The van der Waals surface area contributed by atoms with Crippen LogP contribution >= 0.6 is 39.3 Å². The van der Waals surface area contributed by atoms with Crippen molar-refractivity contribution >= 4 is 56.6 Å². The molecule has 0 fully saturated rings. The lowest BCUT2D eigenvalue weighted by atomic mass is 10.3. The van der Waals surface area contributed by atoms with Gasteiger partial charge in [0.05, 0.1) is 10.7 Å². The summed E-state index contributed by atoms with van der Waals surface area (Å²) < 4.78 is 13.7. The summed E-state index contributed by atoms with van der Waals surface area (Å²) in [6.07, 6.45) is 1.85. The van der Waals surface area contributed by atoms with Crippen LogP contribution in [0.5, 0.6) is 0 Å². The van der Waals surface area contributed by atoms with E-state index in [0.29, 0.717) is 27.0 Å². The molecule has 0 bridgehead atoms. The molecule has 4 N–H and O–H groups in total. The van der Waals surface area contributed by atoms with E-state index in [-0.39, 0.29) is 5.02 Å². The average Bonchev–Trinajstić information content (AvgIpc) is 2.42. The van der Waals surface area contributed by atoms with Crippen molar-refractivity contribution in [2.24, 2.45) is 5.84 Å². The first-order valence-electron chi connectivity index (χ1n) is 5.34. The molecular weight excluding hydrogens is 369 g/mol. The van der Waals surface area contributed by atoms with Crippen molar-refractivity contribution < 1.29 is 4.39 Å². The molecule has 0 radical (unpaired) electrons. The Kier molecular flexibility index (Phi) is 5.03. The fraction of sp³-hybridized carbons (Fsp3) is 0.0909. The Bertz CT molecular complexity index is 597. The van der Waals surface area contributed by atoms with Gasteiger partial charge in [0.2, 0.25) is 0 Å². The van der Waals surface area contributed by atoms with Gasteiger partial charge in [-0.1, -0.05) is 23.4 Å². The average molecular weight is 379 g/mol. The molecule has 2 aromatic rings. The zero-order chi connectivity index (χ0) is 14.7. The van der Waals surface area contributed by atoms with E-state index in [0.717, 1.165) is 0 Å². The predicted molar refractivity (Wildman–Crippen MR) is 84.0 cm³/mol. The smallest absolute Gasteiger partial charge is 0.191 e. The second-order valence-corrected chi connectivity index (χ2v) is 5.67. The van der Waals surface area contributed by atoms with Crippen LogP contribution in [0.2, 0.25) is 5.02 Å². The first-order valence-corrected chi connectivity index (χ1v) is 7.74. The van der Waals surface area contributed by atoms with Crippen molar-refractivity contribution in [3.63, 3.8) is 0 Å². The van der Waals surface area contributed by atoms with Crippen LogP contribution in [-0.2, 0) is 0 Å². The number of nitrogen functional groups attached to an aromatic ring is 1. The molecule has 0 saturated carbocycles. The van der Waals surface area contributed by atoms with Crippen molar-refractivity contribution in [1.82, 2.24) is 9.97 Å². The minimum Gasteiger partial charge on any atom is -0.338 e. The molecule has 0 unspecified atom stereocenters. The maximum Gasteiger partial charge on any atom is 0.191 e. The van der Waals surface area contributed by atoms with Gasteiger partial charge in [0.1, 0.15) is 17.5 Å². The number of nitrogens with two attached hydrogens (primary N) is 1. The SMILES string of the molecule is CSc1nc(NN)cc(Nc2c(Cl)cc(F)cc2Br)n1. The number of thioether (sulfide) groups is 1. The van der Waals surface area contributed by atoms with Gasteiger partial charge in [-0.2, -0.15) is 0 Å². The van der Waals surface area contributed by atoms with Gasteiger partial charge in [-0.05, 0) is 34.3 Å². The summed E-state index contributed by atoms with van der Waals surface area (Å²) in [5.74, 6) is 5.88. The standard InChI is InChI=1S/C11H10BrClFN5S/c1-20-11-17-8(4-9(18-11)19-15)16-10-6(12)2-5(14)3-7(10)13/h2-4H,15H2,1H3,(H2,16,17,18,19). The zero-order valence-corrected chi connectivity index (χ0v) is 13.4. The highest BCUT2D eigenvalue weighted by molar-refractivity contribution is 9.10. The van der Waals surface area contributed by atoms with Crippen molar-refractivity contribution in [3.8, 4) is 0 Å². The third-order valence-electron chi connectivity index (χ3n) is 2.30. The van der Waals surface area contributed by atoms with Crippen LogP contribution in [0.4, 0.5) is 21.7 Å². The molecule has 0 aliphatic heterocycles. The van der Waals surface area contributed by atoms with Crippen molar-refractivity contribution in [3.05, 3.63) is 33.5 Å². The molecule has 1 heterocycles. The molecule has 0 amide bonds. The molecule has 0 saturated heterocycles. The number of nitrogens with zero attached hydrogens (tertiary/aromatic N) is 2. The normalized spacial score (nSPS) is 10.4. The largest absolute Gasteiger partial charge is 0.338 e. The van der Waals surface area contributed by atoms with Gasteiger partial charge in [-0.15, -0.1) is 0 Å². The highest BCUT2D eigenvalue weighted by Crippen LogP contribution is 2.34. The Hall–Kier alpha value is -1.09. The summed E-state index contributed by atoms with van der Waals surface area (Å²) in [7, 11) is 0.